The number of hydrogen-bond acceptors (Lipinski definition) is 2. The number of aliphatic imine (C=N–C) groups is 2. The molecule has 2 N–H and O–H groups in total. The van der Waals surface area contributed by atoms with Gasteiger partial charge in [0.05, 0.1) is 32.8 Å². The van der Waals surface area contributed by atoms with E-state index in [1.165, 1.54) is 60.7 Å². The minimum atomic E-state index is -1.26. The molecule has 0 unspecified atom stereocenters. The molecule has 0 saturated carbocycles. The van der Waals surface area contributed by atoms with Gasteiger partial charge in [0.25, 0.3) is 0 Å². The third-order valence-electron chi connectivity index (χ3n) is 10.0. The van der Waals surface area contributed by atoms with Gasteiger partial charge in [0.1, 0.15) is 16.4 Å². The van der Waals surface area contributed by atoms with E-state index >= 15 is 0 Å². The molecular formula is C56H76Cr2N4P2+2. The molecule has 0 amide bonds. The largest absolute Gasteiger partial charge is 2.00 e. The number of amidine groups is 2. The number of aryl methyl sites for hydroxylation is 7. The van der Waals surface area contributed by atoms with Gasteiger partial charge in [-0.15, -0.1) is 0 Å². The summed E-state index contributed by atoms with van der Waals surface area (Å²) in [7, 11) is -1.91. The summed E-state index contributed by atoms with van der Waals surface area (Å²) in [6, 6.07) is 48.0. The first-order valence-electron chi connectivity index (χ1n) is 20.4. The number of benzene rings is 6. The summed E-state index contributed by atoms with van der Waals surface area (Å²) in [5.41, 5.74) is 14.8. The van der Waals surface area contributed by atoms with Gasteiger partial charge in [-0.2, -0.15) is 0 Å². The second kappa shape index (κ2) is 29.0. The van der Waals surface area contributed by atoms with Crippen molar-refractivity contribution in [1.29, 1.82) is 0 Å². The van der Waals surface area contributed by atoms with E-state index in [0.29, 0.717) is 0 Å². The number of nitrogens with one attached hydrogen (secondary N) is 2. The van der Waals surface area contributed by atoms with Crippen molar-refractivity contribution in [3.63, 3.8) is 0 Å². The summed E-state index contributed by atoms with van der Waals surface area (Å²) in [6.45, 7) is 26.2. The van der Waals surface area contributed by atoms with Gasteiger partial charge in [-0.3, -0.25) is 0 Å². The van der Waals surface area contributed by atoms with Crippen LogP contribution in [0.2, 0.25) is 0 Å². The molecule has 0 atom stereocenters. The Bertz CT molecular complexity index is 2250. The minimum Gasteiger partial charge on any atom is -0.358 e. The van der Waals surface area contributed by atoms with E-state index in [9.17, 15) is 0 Å². The topological polar surface area (TPSA) is 48.8 Å². The summed E-state index contributed by atoms with van der Waals surface area (Å²) < 4.78 is 0. The van der Waals surface area contributed by atoms with Gasteiger partial charge in [0.2, 0.25) is 0 Å². The summed E-state index contributed by atoms with van der Waals surface area (Å²) in [6.07, 6.45) is 0.765. The van der Waals surface area contributed by atoms with Gasteiger partial charge < -0.3 is 29.7 Å². The molecule has 6 aromatic carbocycles. The standard InChI is InChI=1S/C30H31N2P.C22H31N2P.4CH3.2Cr/c1-22-15-17-26(18-16-22)21-29(31-30-24(3)19-23(2)20-25(30)4)32-33(27-11-7-5-8-12-27)28-13-9-6-10-14-28;1-15-13-16(2)20(17(3)14-15)23-21(24-25(7)8)18-9-11-19(12-10-18)22(4,5)6;;;;;;/h5-20H,21H2,1-4H3,(H,31,32);9-14H,1-8H3,(H,23,24);4*1H3;;/q;;4*-1;2*+2/p+2. The molecule has 0 radical (unpaired) electrons. The van der Waals surface area contributed by atoms with Crippen LogP contribution in [-0.2, 0) is 46.6 Å². The van der Waals surface area contributed by atoms with Gasteiger partial charge in [-0.05, 0) is 112 Å². The van der Waals surface area contributed by atoms with Crippen LogP contribution in [0.25, 0.3) is 0 Å². The molecule has 6 aromatic rings. The van der Waals surface area contributed by atoms with Crippen LogP contribution in [0.1, 0.15) is 76.4 Å². The molecule has 6 rings (SSSR count). The Labute approximate surface area is 415 Å². The van der Waals surface area contributed by atoms with E-state index in [-0.39, 0.29) is 69.8 Å². The van der Waals surface area contributed by atoms with Crippen molar-refractivity contribution in [3.8, 4) is 0 Å². The average molecular weight is 971 g/mol. The Kier molecular flexibility index (Phi) is 28.2. The molecule has 0 aromatic heterocycles. The zero-order chi connectivity index (χ0) is 42.0. The quantitative estimate of drug-likeness (QED) is 0.0656. The molecular weight excluding hydrogens is 895 g/mol. The third kappa shape index (κ3) is 18.2. The second-order valence-corrected chi connectivity index (χ2v) is 21.3. The molecule has 0 bridgehead atoms. The second-order valence-electron chi connectivity index (χ2n) is 16.9. The maximum Gasteiger partial charge on any atom is 2.00 e. The van der Waals surface area contributed by atoms with Crippen molar-refractivity contribution in [2.24, 2.45) is 9.98 Å². The number of nitrogens with zero attached hydrogens (tertiary/aromatic N) is 2. The van der Waals surface area contributed by atoms with E-state index in [1.807, 2.05) is 0 Å². The minimum absolute atomic E-state index is 0. The Hall–Kier alpha value is -3.82. The third-order valence-corrected chi connectivity index (χ3v) is 13.1. The molecule has 0 spiro atoms. The number of hydrogen-bond donors (Lipinski definition) is 2. The van der Waals surface area contributed by atoms with Crippen LogP contribution >= 0.6 is 16.1 Å². The van der Waals surface area contributed by atoms with Gasteiger partial charge in [-0.1, -0.05) is 147 Å². The van der Waals surface area contributed by atoms with Crippen LogP contribution in [-0.4, -0.2) is 25.0 Å². The predicted molar refractivity (Wildman–Crippen MR) is 287 cm³/mol. The molecule has 340 valence electrons. The normalized spacial score (nSPS) is 10.9. The van der Waals surface area contributed by atoms with Crippen LogP contribution in [0.15, 0.2) is 143 Å². The van der Waals surface area contributed by atoms with E-state index in [0.717, 1.165) is 35.0 Å². The van der Waals surface area contributed by atoms with Crippen molar-refractivity contribution in [2.75, 3.05) is 13.3 Å². The van der Waals surface area contributed by atoms with Crippen molar-refractivity contribution < 1.29 is 34.7 Å². The molecule has 0 heterocycles. The van der Waals surface area contributed by atoms with E-state index in [4.69, 9.17) is 9.98 Å². The maximum absolute atomic E-state index is 5.24. The summed E-state index contributed by atoms with van der Waals surface area (Å²) in [5.74, 6) is 1.99. The monoisotopic (exact) mass is 970 g/mol. The van der Waals surface area contributed by atoms with Gasteiger partial charge in [-0.25, -0.2) is 20.2 Å². The zero-order valence-electron chi connectivity index (χ0n) is 41.6. The molecule has 0 aliphatic heterocycles. The Morgan fingerprint density at radius 3 is 1.30 bits per heavy atom. The van der Waals surface area contributed by atoms with Crippen LogP contribution in [0.3, 0.4) is 0 Å². The fourth-order valence-electron chi connectivity index (χ4n) is 7.15. The Morgan fingerprint density at radius 1 is 0.500 bits per heavy atom. The van der Waals surface area contributed by atoms with Crippen molar-refractivity contribution in [3.05, 3.63) is 219 Å². The van der Waals surface area contributed by atoms with Gasteiger partial charge >= 0.3 is 34.7 Å². The SMILES string of the molecule is Cc1cc(C)c(N=C(N[PH+](C)C)c2ccc(C(C)(C)C)cc2)c(C)c1.Cc1ccc(CC(=Nc2c(C)cc(C)cc2C)N[PH+](c2ccccc2)c2ccccc2)cc1.[CH3-].[CH3-].[CH3-].[CH3-].[Cr+2].[Cr+2]. The first-order valence-corrected chi connectivity index (χ1v) is 24.4. The van der Waals surface area contributed by atoms with Crippen LogP contribution in [0, 0.1) is 78.2 Å². The molecule has 4 nitrogen and oxygen atoms in total. The van der Waals surface area contributed by atoms with E-state index < -0.39 is 16.1 Å². The van der Waals surface area contributed by atoms with Crippen molar-refractivity contribution >= 4 is 49.8 Å². The zero-order valence-corrected chi connectivity index (χ0v) is 46.2. The molecule has 0 fully saturated rings. The summed E-state index contributed by atoms with van der Waals surface area (Å²) in [5, 5.41) is 10.2. The Balaban J connectivity index is 0. The molecule has 0 aliphatic rings. The Morgan fingerprint density at radius 2 is 0.906 bits per heavy atom. The van der Waals surface area contributed by atoms with E-state index in [2.05, 4.69) is 226 Å². The van der Waals surface area contributed by atoms with E-state index in [1.54, 1.807) is 0 Å². The maximum atomic E-state index is 5.24. The van der Waals surface area contributed by atoms with Crippen LogP contribution in [0.4, 0.5) is 11.4 Å². The fraction of sp³-hybridized carbons (Fsp3) is 0.250. The van der Waals surface area contributed by atoms with Crippen molar-refractivity contribution in [1.82, 2.24) is 10.2 Å². The predicted octanol–water partition coefficient (Wildman–Crippen LogP) is 14.3. The van der Waals surface area contributed by atoms with Gasteiger partial charge in [0, 0.05) is 12.0 Å². The van der Waals surface area contributed by atoms with Gasteiger partial charge in [0.15, 0.2) is 13.9 Å². The van der Waals surface area contributed by atoms with Crippen LogP contribution < -0.4 is 20.8 Å². The first kappa shape index (κ1) is 62.3. The van der Waals surface area contributed by atoms with Crippen LogP contribution in [0.5, 0.6) is 0 Å². The molecule has 64 heavy (non-hydrogen) atoms. The smallest absolute Gasteiger partial charge is 0.358 e. The van der Waals surface area contributed by atoms with Crippen molar-refractivity contribution in [2.45, 2.75) is 81.1 Å². The fourth-order valence-corrected chi connectivity index (χ4v) is 9.93. The molecule has 8 heteroatoms. The average Bonchev–Trinajstić information content (AvgIpc) is 3.17. The first-order chi connectivity index (χ1) is 27.6. The summed E-state index contributed by atoms with van der Waals surface area (Å²) >= 11 is 0. The molecule has 0 aliphatic carbocycles. The summed E-state index contributed by atoms with van der Waals surface area (Å²) in [4.78, 5) is 10.3. The number of rotatable bonds is 9. The molecule has 0 saturated heterocycles.